The Bertz CT molecular complexity index is 899. The Morgan fingerprint density at radius 1 is 1.22 bits per heavy atom. The summed E-state index contributed by atoms with van der Waals surface area (Å²) in [7, 11) is 1.97. The molecule has 0 aliphatic carbocycles. The van der Waals surface area contributed by atoms with E-state index in [0.29, 0.717) is 16.7 Å². The van der Waals surface area contributed by atoms with Gasteiger partial charge in [0.1, 0.15) is 12.0 Å². The average Bonchev–Trinajstić information content (AvgIpc) is 2.71. The van der Waals surface area contributed by atoms with Gasteiger partial charge in [0, 0.05) is 31.3 Å². The van der Waals surface area contributed by atoms with Gasteiger partial charge in [0.25, 0.3) is 11.8 Å². The molecule has 27 heavy (non-hydrogen) atoms. The number of rotatable bonds is 3. The Morgan fingerprint density at radius 3 is 2.85 bits per heavy atom. The third-order valence-electron chi connectivity index (χ3n) is 5.45. The zero-order valence-electron chi connectivity index (χ0n) is 15.2. The molecule has 2 amide bonds. The summed E-state index contributed by atoms with van der Waals surface area (Å²) < 4.78 is 13.7. The average molecular weight is 367 g/mol. The molecule has 5 nitrogen and oxygen atoms in total. The van der Waals surface area contributed by atoms with E-state index in [1.807, 2.05) is 11.9 Å². The molecule has 0 spiro atoms. The number of amides is 2. The van der Waals surface area contributed by atoms with Gasteiger partial charge in [-0.25, -0.2) is 4.39 Å². The predicted molar refractivity (Wildman–Crippen MR) is 101 cm³/mol. The highest BCUT2D eigenvalue weighted by Gasteiger charge is 2.37. The third kappa shape index (κ3) is 3.16. The monoisotopic (exact) mass is 367 g/mol. The van der Waals surface area contributed by atoms with E-state index in [9.17, 15) is 14.0 Å². The SMILES string of the molecule is CN1c2cc(C(=O)NCc3ccccc3F)ccc2C(=O)N2CCCC[C@H]21. The van der Waals surface area contributed by atoms with Crippen molar-refractivity contribution in [3.63, 3.8) is 0 Å². The second-order valence-corrected chi connectivity index (χ2v) is 7.09. The van der Waals surface area contributed by atoms with Crippen molar-refractivity contribution in [2.24, 2.45) is 0 Å². The minimum atomic E-state index is -0.342. The molecule has 1 fully saturated rings. The van der Waals surface area contributed by atoms with Gasteiger partial charge in [-0.2, -0.15) is 0 Å². The molecule has 1 saturated heterocycles. The van der Waals surface area contributed by atoms with E-state index in [1.54, 1.807) is 36.4 Å². The van der Waals surface area contributed by atoms with Crippen molar-refractivity contribution in [3.05, 3.63) is 65.0 Å². The molecule has 0 unspecified atom stereocenters. The van der Waals surface area contributed by atoms with Crippen molar-refractivity contribution in [3.8, 4) is 0 Å². The van der Waals surface area contributed by atoms with E-state index in [-0.39, 0.29) is 30.3 Å². The maximum atomic E-state index is 13.7. The quantitative estimate of drug-likeness (QED) is 0.907. The van der Waals surface area contributed by atoms with Crippen LogP contribution in [0.4, 0.5) is 10.1 Å². The van der Waals surface area contributed by atoms with Crippen LogP contribution < -0.4 is 10.2 Å². The Morgan fingerprint density at radius 2 is 2.04 bits per heavy atom. The molecule has 1 N–H and O–H groups in total. The van der Waals surface area contributed by atoms with Crippen LogP contribution in [0, 0.1) is 5.82 Å². The number of nitrogens with zero attached hydrogens (tertiary/aromatic N) is 2. The first-order valence-corrected chi connectivity index (χ1v) is 9.26. The fourth-order valence-corrected chi connectivity index (χ4v) is 3.93. The number of hydrogen-bond acceptors (Lipinski definition) is 3. The number of carbonyl (C=O) groups is 2. The molecule has 0 aromatic heterocycles. The molecule has 0 saturated carbocycles. The number of hydrogen-bond donors (Lipinski definition) is 1. The number of fused-ring (bicyclic) bond motifs is 2. The second-order valence-electron chi connectivity index (χ2n) is 7.09. The summed E-state index contributed by atoms with van der Waals surface area (Å²) in [6.07, 6.45) is 3.11. The van der Waals surface area contributed by atoms with Gasteiger partial charge in [0.15, 0.2) is 0 Å². The second kappa shape index (κ2) is 7.02. The Balaban J connectivity index is 1.55. The van der Waals surface area contributed by atoms with Crippen LogP contribution in [0.25, 0.3) is 0 Å². The fourth-order valence-electron chi connectivity index (χ4n) is 3.93. The molecule has 1 atom stereocenters. The standard InChI is InChI=1S/C21H22FN3O2/c1-24-18-12-14(20(26)23-13-15-6-2-3-7-17(15)22)9-10-16(18)21(27)25-11-5-4-8-19(24)25/h2-3,6-7,9-10,12,19H,4-5,8,11,13H2,1H3,(H,23,26)/t19-/m0/s1. The van der Waals surface area contributed by atoms with Gasteiger partial charge >= 0.3 is 0 Å². The molecule has 140 valence electrons. The van der Waals surface area contributed by atoms with E-state index in [2.05, 4.69) is 10.2 Å². The summed E-state index contributed by atoms with van der Waals surface area (Å²) in [5, 5.41) is 2.75. The van der Waals surface area contributed by atoms with Gasteiger partial charge in [-0.3, -0.25) is 9.59 Å². The van der Waals surface area contributed by atoms with Crippen LogP contribution in [-0.2, 0) is 6.54 Å². The van der Waals surface area contributed by atoms with Crippen LogP contribution in [0.1, 0.15) is 45.5 Å². The summed E-state index contributed by atoms with van der Waals surface area (Å²) in [4.78, 5) is 29.3. The number of carbonyl (C=O) groups excluding carboxylic acids is 2. The summed E-state index contributed by atoms with van der Waals surface area (Å²) in [5.41, 5.74) is 2.31. The smallest absolute Gasteiger partial charge is 0.257 e. The number of benzene rings is 2. The minimum absolute atomic E-state index is 0.0334. The van der Waals surface area contributed by atoms with E-state index < -0.39 is 0 Å². The number of nitrogens with one attached hydrogen (secondary N) is 1. The van der Waals surface area contributed by atoms with Crippen molar-refractivity contribution in [2.75, 3.05) is 18.5 Å². The zero-order chi connectivity index (χ0) is 19.0. The van der Waals surface area contributed by atoms with Gasteiger partial charge in [0.2, 0.25) is 0 Å². The highest BCUT2D eigenvalue weighted by molar-refractivity contribution is 6.04. The summed E-state index contributed by atoms with van der Waals surface area (Å²) >= 11 is 0. The molecule has 0 bridgehead atoms. The van der Waals surface area contributed by atoms with Crippen molar-refractivity contribution in [1.82, 2.24) is 10.2 Å². The molecule has 2 aliphatic heterocycles. The molecule has 2 aliphatic rings. The number of piperidine rings is 1. The predicted octanol–water partition coefficient (Wildman–Crippen LogP) is 3.16. The largest absolute Gasteiger partial charge is 0.354 e. The fraction of sp³-hybridized carbons (Fsp3) is 0.333. The van der Waals surface area contributed by atoms with E-state index >= 15 is 0 Å². The van der Waals surface area contributed by atoms with Gasteiger partial charge in [-0.15, -0.1) is 0 Å². The van der Waals surface area contributed by atoms with Crippen LogP contribution in [0.3, 0.4) is 0 Å². The summed E-state index contributed by atoms with van der Waals surface area (Å²) in [5.74, 6) is -0.593. The van der Waals surface area contributed by atoms with Crippen molar-refractivity contribution in [1.29, 1.82) is 0 Å². The van der Waals surface area contributed by atoms with E-state index in [4.69, 9.17) is 0 Å². The first-order valence-electron chi connectivity index (χ1n) is 9.26. The van der Waals surface area contributed by atoms with Crippen molar-refractivity contribution >= 4 is 17.5 Å². The number of anilines is 1. The molecule has 6 heteroatoms. The van der Waals surface area contributed by atoms with E-state index in [1.165, 1.54) is 6.07 Å². The lowest BCUT2D eigenvalue weighted by molar-refractivity contribution is 0.0589. The molecule has 0 radical (unpaired) electrons. The Hall–Kier alpha value is -2.89. The molecule has 2 heterocycles. The lowest BCUT2D eigenvalue weighted by atomic mass is 9.97. The molecule has 4 rings (SSSR count). The van der Waals surface area contributed by atoms with Crippen LogP contribution in [-0.4, -0.2) is 36.5 Å². The molecule has 2 aromatic carbocycles. The van der Waals surface area contributed by atoms with E-state index in [0.717, 1.165) is 31.5 Å². The molecule has 2 aromatic rings. The lowest BCUT2D eigenvalue weighted by Crippen LogP contribution is -2.55. The summed E-state index contributed by atoms with van der Waals surface area (Å²) in [6.45, 7) is 0.895. The molecular weight excluding hydrogens is 345 g/mol. The maximum absolute atomic E-state index is 13.7. The topological polar surface area (TPSA) is 52.7 Å². The van der Waals surface area contributed by atoms with Crippen molar-refractivity contribution < 1.29 is 14.0 Å². The first-order chi connectivity index (χ1) is 13.1. The minimum Gasteiger partial charge on any atom is -0.354 e. The highest BCUT2D eigenvalue weighted by atomic mass is 19.1. The van der Waals surface area contributed by atoms with Crippen molar-refractivity contribution in [2.45, 2.75) is 32.0 Å². The van der Waals surface area contributed by atoms with Crippen LogP contribution >= 0.6 is 0 Å². The maximum Gasteiger partial charge on any atom is 0.257 e. The van der Waals surface area contributed by atoms with Gasteiger partial charge in [-0.05, 0) is 43.5 Å². The van der Waals surface area contributed by atoms with Crippen LogP contribution in [0.2, 0.25) is 0 Å². The molecular formula is C21H22FN3O2. The van der Waals surface area contributed by atoms with Gasteiger partial charge in [-0.1, -0.05) is 18.2 Å². The normalized spacial score (nSPS) is 18.7. The van der Waals surface area contributed by atoms with Gasteiger partial charge in [0.05, 0.1) is 11.3 Å². The number of halogens is 1. The van der Waals surface area contributed by atoms with Gasteiger partial charge < -0.3 is 15.1 Å². The lowest BCUT2D eigenvalue weighted by Gasteiger charge is -2.46. The first kappa shape index (κ1) is 17.5. The van der Waals surface area contributed by atoms with Crippen LogP contribution in [0.5, 0.6) is 0 Å². The highest BCUT2D eigenvalue weighted by Crippen LogP contribution is 2.34. The van der Waals surface area contributed by atoms with Crippen LogP contribution in [0.15, 0.2) is 42.5 Å². The summed E-state index contributed by atoms with van der Waals surface area (Å²) in [6, 6.07) is 11.5. The zero-order valence-corrected chi connectivity index (χ0v) is 15.2. The Labute approximate surface area is 157 Å². The Kier molecular flexibility index (Phi) is 4.56. The third-order valence-corrected chi connectivity index (χ3v) is 5.45.